The van der Waals surface area contributed by atoms with Crippen molar-refractivity contribution >= 4 is 53.4 Å². The molecule has 1 unspecified atom stereocenters. The minimum atomic E-state index is -0.211. The summed E-state index contributed by atoms with van der Waals surface area (Å²) in [5, 5.41) is 0.648. The Morgan fingerprint density at radius 1 is 1.42 bits per heavy atom. The van der Waals surface area contributed by atoms with Gasteiger partial charge in [0.1, 0.15) is 5.52 Å². The van der Waals surface area contributed by atoms with E-state index >= 15 is 0 Å². The molecule has 1 fully saturated rings. The molecule has 1 aromatic heterocycles. The summed E-state index contributed by atoms with van der Waals surface area (Å²) in [6.07, 6.45) is 1.80. The molecule has 146 valence electrons. The third kappa shape index (κ3) is 5.24. The van der Waals surface area contributed by atoms with Crippen molar-refractivity contribution in [1.82, 2.24) is 9.88 Å². The first-order valence-electron chi connectivity index (χ1n) is 8.17. The Bertz CT molecular complexity index is 714. The topological polar surface area (TPSA) is 81.6 Å². The van der Waals surface area contributed by atoms with Gasteiger partial charge in [0, 0.05) is 37.7 Å². The first kappa shape index (κ1) is 23.0. The molecular formula is C17H24Cl3N3O3. The van der Waals surface area contributed by atoms with Crippen molar-refractivity contribution in [2.45, 2.75) is 31.3 Å². The van der Waals surface area contributed by atoms with E-state index < -0.39 is 0 Å². The van der Waals surface area contributed by atoms with Gasteiger partial charge in [0.05, 0.1) is 12.5 Å². The number of benzene rings is 1. The molecule has 0 saturated carbocycles. The Kier molecular flexibility index (Phi) is 9.13. The highest BCUT2D eigenvalue weighted by Gasteiger charge is 2.28. The van der Waals surface area contributed by atoms with E-state index in [-0.39, 0.29) is 42.7 Å². The van der Waals surface area contributed by atoms with Crippen molar-refractivity contribution < 1.29 is 13.9 Å². The van der Waals surface area contributed by atoms with Gasteiger partial charge >= 0.3 is 0 Å². The Balaban J connectivity index is 0.00000169. The molecule has 0 radical (unpaired) electrons. The third-order valence-electron chi connectivity index (χ3n) is 4.56. The number of fused-ring (bicyclic) bond motifs is 1. The van der Waals surface area contributed by atoms with Crippen LogP contribution in [0.4, 0.5) is 0 Å². The first-order chi connectivity index (χ1) is 11.6. The lowest BCUT2D eigenvalue weighted by molar-refractivity contribution is -0.134. The van der Waals surface area contributed by atoms with Crippen molar-refractivity contribution in [3.63, 3.8) is 0 Å². The lowest BCUT2D eigenvalue weighted by Crippen LogP contribution is -2.40. The molecular weight excluding hydrogens is 401 g/mol. The van der Waals surface area contributed by atoms with Crippen LogP contribution in [-0.2, 0) is 9.53 Å². The average Bonchev–Trinajstić information content (AvgIpc) is 3.02. The van der Waals surface area contributed by atoms with Gasteiger partial charge in [0.15, 0.2) is 11.5 Å². The molecule has 1 saturated heterocycles. The minimum absolute atomic E-state index is 0. The highest BCUT2D eigenvalue weighted by molar-refractivity contribution is 6.31. The molecule has 0 bridgehead atoms. The number of aromatic nitrogens is 1. The highest BCUT2D eigenvalue weighted by Crippen LogP contribution is 2.31. The number of carbonyl (C=O) groups is 1. The van der Waals surface area contributed by atoms with E-state index in [0.717, 1.165) is 29.8 Å². The number of rotatable bonds is 5. The van der Waals surface area contributed by atoms with Crippen LogP contribution in [0.3, 0.4) is 0 Å². The number of nitrogens with zero attached hydrogens (tertiary/aromatic N) is 2. The smallest absolute Gasteiger partial charge is 0.225 e. The predicted octanol–water partition coefficient (Wildman–Crippen LogP) is 3.39. The minimum Gasteiger partial charge on any atom is -0.440 e. The highest BCUT2D eigenvalue weighted by atomic mass is 35.5. The van der Waals surface area contributed by atoms with Crippen LogP contribution in [0.1, 0.15) is 31.1 Å². The van der Waals surface area contributed by atoms with Crippen LogP contribution in [0, 0.1) is 0 Å². The van der Waals surface area contributed by atoms with Gasteiger partial charge in [-0.15, -0.1) is 24.8 Å². The van der Waals surface area contributed by atoms with Crippen molar-refractivity contribution in [3.05, 3.63) is 29.1 Å². The van der Waals surface area contributed by atoms with Gasteiger partial charge < -0.3 is 19.8 Å². The maximum Gasteiger partial charge on any atom is 0.225 e. The quantitative estimate of drug-likeness (QED) is 0.795. The monoisotopic (exact) mass is 423 g/mol. The fourth-order valence-electron chi connectivity index (χ4n) is 3.06. The summed E-state index contributed by atoms with van der Waals surface area (Å²) >= 11 is 5.99. The summed E-state index contributed by atoms with van der Waals surface area (Å²) in [5.74, 6) is 1.05. The molecule has 1 atom stereocenters. The molecule has 2 heterocycles. The van der Waals surface area contributed by atoms with Crippen LogP contribution < -0.4 is 5.73 Å². The zero-order valence-electron chi connectivity index (χ0n) is 14.5. The number of methoxy groups -OCH3 is 1. The number of amides is 1. The van der Waals surface area contributed by atoms with Crippen molar-refractivity contribution in [3.8, 4) is 0 Å². The number of halogens is 3. The van der Waals surface area contributed by atoms with Gasteiger partial charge in [-0.05, 0) is 31.0 Å². The molecule has 2 aromatic rings. The molecule has 3 rings (SSSR count). The van der Waals surface area contributed by atoms with Crippen LogP contribution in [0.2, 0.25) is 5.02 Å². The number of piperidine rings is 1. The number of hydrogen-bond acceptors (Lipinski definition) is 5. The molecule has 1 aromatic carbocycles. The number of likely N-dealkylation sites (tertiary alicyclic amines) is 1. The summed E-state index contributed by atoms with van der Waals surface area (Å²) in [5.41, 5.74) is 7.11. The zero-order chi connectivity index (χ0) is 17.1. The van der Waals surface area contributed by atoms with E-state index in [9.17, 15) is 4.79 Å². The number of hydrogen-bond donors (Lipinski definition) is 1. The Morgan fingerprint density at radius 3 is 2.73 bits per heavy atom. The van der Waals surface area contributed by atoms with E-state index in [4.69, 9.17) is 26.5 Å². The fourth-order valence-corrected chi connectivity index (χ4v) is 3.22. The van der Waals surface area contributed by atoms with Crippen molar-refractivity contribution in [2.24, 2.45) is 5.73 Å². The van der Waals surface area contributed by atoms with Crippen LogP contribution >= 0.6 is 36.4 Å². The Hall–Kier alpha value is -1.05. The van der Waals surface area contributed by atoms with Crippen molar-refractivity contribution in [1.29, 1.82) is 0 Å². The normalized spacial score (nSPS) is 16.0. The lowest BCUT2D eigenvalue weighted by atomic mass is 9.96. The SMILES string of the molecule is COC(CN)CC(=O)N1CCC(c2nc3cc(Cl)ccc3o2)CC1.Cl.Cl. The standard InChI is InChI=1S/C17H22ClN3O3.2ClH/c1-23-13(10-19)9-16(22)21-6-4-11(5-7-21)17-20-14-8-12(18)2-3-15(14)24-17;;/h2-3,8,11,13H,4-7,9-10,19H2,1H3;2*1H. The Morgan fingerprint density at radius 2 is 2.12 bits per heavy atom. The Labute approximate surface area is 170 Å². The van der Waals surface area contributed by atoms with Crippen LogP contribution in [0.5, 0.6) is 0 Å². The molecule has 0 aliphatic carbocycles. The van der Waals surface area contributed by atoms with Crippen molar-refractivity contribution in [2.75, 3.05) is 26.7 Å². The van der Waals surface area contributed by atoms with Gasteiger partial charge in [-0.1, -0.05) is 11.6 Å². The molecule has 1 aliphatic heterocycles. The van der Waals surface area contributed by atoms with Gasteiger partial charge in [0.2, 0.25) is 5.91 Å². The summed E-state index contributed by atoms with van der Waals surface area (Å²) in [6.45, 7) is 1.75. The molecule has 0 spiro atoms. The second kappa shape index (κ2) is 10.3. The van der Waals surface area contributed by atoms with E-state index in [2.05, 4.69) is 4.98 Å². The predicted molar refractivity (Wildman–Crippen MR) is 107 cm³/mol. The van der Waals surface area contributed by atoms with E-state index in [1.165, 1.54) is 0 Å². The molecule has 26 heavy (non-hydrogen) atoms. The first-order valence-corrected chi connectivity index (χ1v) is 8.55. The molecule has 6 nitrogen and oxygen atoms in total. The molecule has 9 heteroatoms. The number of oxazole rings is 1. The van der Waals surface area contributed by atoms with Gasteiger partial charge in [-0.2, -0.15) is 0 Å². The maximum atomic E-state index is 12.3. The number of carbonyl (C=O) groups excluding carboxylic acids is 1. The van der Waals surface area contributed by atoms with E-state index in [1.54, 1.807) is 19.2 Å². The van der Waals surface area contributed by atoms with E-state index in [0.29, 0.717) is 31.1 Å². The molecule has 1 aliphatic rings. The average molecular weight is 425 g/mol. The molecule has 2 N–H and O–H groups in total. The summed E-state index contributed by atoms with van der Waals surface area (Å²) < 4.78 is 11.0. The number of nitrogens with two attached hydrogens (primary N) is 1. The third-order valence-corrected chi connectivity index (χ3v) is 4.80. The van der Waals surface area contributed by atoms with Gasteiger partial charge in [0.25, 0.3) is 0 Å². The van der Waals surface area contributed by atoms with Gasteiger partial charge in [-0.25, -0.2) is 4.98 Å². The molecule has 1 amide bonds. The fraction of sp³-hybridized carbons (Fsp3) is 0.529. The van der Waals surface area contributed by atoms with Crippen LogP contribution in [0.15, 0.2) is 22.6 Å². The maximum absolute atomic E-state index is 12.3. The second-order valence-corrected chi connectivity index (χ2v) is 6.55. The second-order valence-electron chi connectivity index (χ2n) is 6.12. The largest absolute Gasteiger partial charge is 0.440 e. The van der Waals surface area contributed by atoms with Gasteiger partial charge in [-0.3, -0.25) is 4.79 Å². The van der Waals surface area contributed by atoms with Crippen LogP contribution in [0.25, 0.3) is 11.1 Å². The lowest BCUT2D eigenvalue weighted by Gasteiger charge is -2.31. The summed E-state index contributed by atoms with van der Waals surface area (Å²) in [7, 11) is 1.58. The van der Waals surface area contributed by atoms with Crippen LogP contribution in [-0.4, -0.2) is 48.6 Å². The summed E-state index contributed by atoms with van der Waals surface area (Å²) in [4.78, 5) is 18.7. The summed E-state index contributed by atoms with van der Waals surface area (Å²) in [6, 6.07) is 5.44. The number of ether oxygens (including phenoxy) is 1. The van der Waals surface area contributed by atoms with E-state index in [1.807, 2.05) is 11.0 Å². The zero-order valence-corrected chi connectivity index (χ0v) is 16.9.